The first-order chi connectivity index (χ1) is 2.77. The lowest BCUT2D eigenvalue weighted by Gasteiger charge is -1.79. The van der Waals surface area contributed by atoms with Crippen LogP contribution < -0.4 is 0 Å². The smallest absolute Gasteiger partial charge is 0.449 e. The van der Waals surface area contributed by atoms with Gasteiger partial charge in [-0.1, -0.05) is 0 Å². The van der Waals surface area contributed by atoms with Crippen LogP contribution in [0.2, 0.25) is 0 Å². The number of rotatable bonds is 1. The number of thiol groups is 1. The molecule has 0 aliphatic carbocycles. The van der Waals surface area contributed by atoms with Gasteiger partial charge in [-0.3, -0.25) is 0 Å². The highest BCUT2D eigenvalue weighted by molar-refractivity contribution is 8.15. The van der Waals surface area contributed by atoms with E-state index in [0.717, 1.165) is 0 Å². The van der Waals surface area contributed by atoms with Crippen LogP contribution in [0.4, 0.5) is 4.79 Å². The van der Waals surface area contributed by atoms with Crippen LogP contribution in [0.5, 0.6) is 0 Å². The Balaban J connectivity index is 3.05. The predicted octanol–water partition coefficient (Wildman–Crippen LogP) is -0.127. The van der Waals surface area contributed by atoms with Gasteiger partial charge in [0.1, 0.15) is 0 Å². The zero-order chi connectivity index (χ0) is 4.99. The van der Waals surface area contributed by atoms with E-state index in [9.17, 15) is 4.79 Å². The highest BCUT2D eigenvalue weighted by Gasteiger charge is 1.85. The lowest BCUT2D eigenvalue weighted by molar-refractivity contribution is 0.153. The Morgan fingerprint density at radius 1 is 2.00 bits per heavy atom. The second-order valence-electron chi connectivity index (χ2n) is 0.432. The molecule has 1 N–H and O–H groups in total. The van der Waals surface area contributed by atoms with Crippen molar-refractivity contribution in [3.05, 3.63) is 0 Å². The average Bonchev–Trinajstić information content (AvgIpc) is 1.35. The monoisotopic (exact) mass is 126 g/mol. The van der Waals surface area contributed by atoms with Crippen molar-refractivity contribution in [1.29, 1.82) is 0 Å². The van der Waals surface area contributed by atoms with E-state index >= 15 is 0 Å². The Labute approximate surface area is 42.8 Å². The molecular weight excluding hydrogens is 124 g/mol. The first-order valence-corrected chi connectivity index (χ1v) is 2.82. The maximum atomic E-state index is 9.30. The highest BCUT2D eigenvalue weighted by atomic mass is 32.8. The molecule has 0 bridgehead atoms. The molecule has 0 aromatic rings. The van der Waals surface area contributed by atoms with Crippen molar-refractivity contribution in [2.75, 3.05) is 0 Å². The molecule has 0 atom stereocenters. The van der Waals surface area contributed by atoms with Crippen molar-refractivity contribution in [2.45, 2.75) is 0 Å². The van der Waals surface area contributed by atoms with Crippen LogP contribution in [0.15, 0.2) is 0 Å². The summed E-state index contributed by atoms with van der Waals surface area (Å²) in [7, 11) is 0.00772. The molecule has 0 saturated carbocycles. The normalized spacial score (nSPS) is 7.33. The van der Waals surface area contributed by atoms with Crippen molar-refractivity contribution >= 4 is 27.9 Å². The van der Waals surface area contributed by atoms with Crippen LogP contribution in [0.1, 0.15) is 0 Å². The fraction of sp³-hybridized carbons (Fsp3) is 0. The first-order valence-electron chi connectivity index (χ1n) is 0.997. The SMILES string of the molecule is O=C(O)O[SH]=S. The molecule has 0 saturated heterocycles. The summed E-state index contributed by atoms with van der Waals surface area (Å²) >= 11 is 4.10. The van der Waals surface area contributed by atoms with Gasteiger partial charge in [0.05, 0.1) is 10.6 Å². The largest absolute Gasteiger partial charge is 0.518 e. The standard InChI is InChI=1S/CH2O3S2/c2-1(3)4-6-5/h6H,(H,2,3). The molecule has 0 unspecified atom stereocenters. The Hall–Kier alpha value is -0.160. The Bertz CT molecular complexity index is 69.2. The molecule has 36 valence electrons. The van der Waals surface area contributed by atoms with Crippen molar-refractivity contribution in [3.63, 3.8) is 0 Å². The zero-order valence-corrected chi connectivity index (χ0v) is 4.33. The van der Waals surface area contributed by atoms with Crippen molar-refractivity contribution < 1.29 is 14.1 Å². The van der Waals surface area contributed by atoms with Crippen LogP contribution in [0, 0.1) is 0 Å². The van der Waals surface area contributed by atoms with Crippen LogP contribution in [0.3, 0.4) is 0 Å². The van der Waals surface area contributed by atoms with Gasteiger partial charge in [0, 0.05) is 0 Å². The molecule has 5 heteroatoms. The third kappa shape index (κ3) is 3.84. The van der Waals surface area contributed by atoms with Gasteiger partial charge in [-0.2, -0.15) is 0 Å². The van der Waals surface area contributed by atoms with Gasteiger partial charge in [-0.15, -0.1) is 0 Å². The summed E-state index contributed by atoms with van der Waals surface area (Å²) in [5.41, 5.74) is 0. The number of hydrogen-bond acceptors (Lipinski definition) is 3. The van der Waals surface area contributed by atoms with E-state index < -0.39 is 6.16 Å². The number of carboxylic acid groups (broad SMARTS) is 1. The fourth-order valence-electron chi connectivity index (χ4n) is 0.0319. The molecule has 0 rings (SSSR count). The van der Waals surface area contributed by atoms with Crippen LogP contribution in [-0.2, 0) is 26.0 Å². The van der Waals surface area contributed by atoms with Gasteiger partial charge < -0.3 is 9.29 Å². The summed E-state index contributed by atoms with van der Waals surface area (Å²) in [4.78, 5) is 9.30. The summed E-state index contributed by atoms with van der Waals surface area (Å²) in [5, 5.41) is 7.62. The third-order valence-electron chi connectivity index (χ3n) is 0.115. The molecule has 0 spiro atoms. The van der Waals surface area contributed by atoms with Gasteiger partial charge in [-0.05, 0) is 11.2 Å². The summed E-state index contributed by atoms with van der Waals surface area (Å²) in [6.45, 7) is 0. The number of carbonyl (C=O) groups is 1. The highest BCUT2D eigenvalue weighted by Crippen LogP contribution is 1.66. The lowest BCUT2D eigenvalue weighted by Crippen LogP contribution is -1.91. The Morgan fingerprint density at radius 2 is 2.50 bits per heavy atom. The van der Waals surface area contributed by atoms with Crippen LogP contribution >= 0.6 is 0 Å². The van der Waals surface area contributed by atoms with E-state index in [2.05, 4.69) is 15.4 Å². The first kappa shape index (κ1) is 5.84. The summed E-state index contributed by atoms with van der Waals surface area (Å²) in [5.74, 6) is 0. The minimum atomic E-state index is -1.33. The Morgan fingerprint density at radius 3 is 2.50 bits per heavy atom. The van der Waals surface area contributed by atoms with E-state index in [0.29, 0.717) is 0 Å². The van der Waals surface area contributed by atoms with E-state index in [1.807, 2.05) is 0 Å². The molecular formula is CH2O3S2. The maximum absolute atomic E-state index is 9.30. The quantitative estimate of drug-likeness (QED) is 0.480. The molecule has 0 aromatic heterocycles. The molecule has 0 radical (unpaired) electrons. The van der Waals surface area contributed by atoms with Crippen LogP contribution in [-0.4, -0.2) is 11.3 Å². The molecule has 3 nitrogen and oxygen atoms in total. The van der Waals surface area contributed by atoms with Crippen molar-refractivity contribution in [1.82, 2.24) is 0 Å². The van der Waals surface area contributed by atoms with Gasteiger partial charge in [0.2, 0.25) is 0 Å². The third-order valence-corrected chi connectivity index (χ3v) is 0.570. The topological polar surface area (TPSA) is 46.5 Å². The molecule has 0 aliphatic rings. The summed E-state index contributed by atoms with van der Waals surface area (Å²) in [6, 6.07) is 0. The van der Waals surface area contributed by atoms with Gasteiger partial charge >= 0.3 is 6.16 Å². The molecule has 0 aliphatic heterocycles. The Kier molecular flexibility index (Phi) is 2.97. The predicted molar refractivity (Wildman–Crippen MR) is 25.2 cm³/mol. The molecule has 0 amide bonds. The minimum absolute atomic E-state index is 0.00772. The zero-order valence-electron chi connectivity index (χ0n) is 2.62. The van der Waals surface area contributed by atoms with Gasteiger partial charge in [-0.25, -0.2) is 4.79 Å². The van der Waals surface area contributed by atoms with Crippen molar-refractivity contribution in [3.8, 4) is 0 Å². The second-order valence-corrected chi connectivity index (χ2v) is 1.21. The fourth-order valence-corrected chi connectivity index (χ4v) is 0.287. The molecule has 0 aromatic carbocycles. The summed E-state index contributed by atoms with van der Waals surface area (Å²) in [6.07, 6.45) is -1.33. The van der Waals surface area contributed by atoms with Crippen molar-refractivity contribution in [2.24, 2.45) is 0 Å². The molecule has 0 fully saturated rings. The van der Waals surface area contributed by atoms with Crippen LogP contribution in [0.25, 0.3) is 0 Å². The lowest BCUT2D eigenvalue weighted by atomic mass is 11.5. The minimum Gasteiger partial charge on any atom is -0.449 e. The van der Waals surface area contributed by atoms with E-state index in [1.165, 1.54) is 0 Å². The average molecular weight is 126 g/mol. The molecule has 0 heterocycles. The second kappa shape index (κ2) is 3.05. The maximum Gasteiger partial charge on any atom is 0.518 e. The van der Waals surface area contributed by atoms with E-state index in [4.69, 9.17) is 5.11 Å². The van der Waals surface area contributed by atoms with Gasteiger partial charge in [0.15, 0.2) is 0 Å². The van der Waals surface area contributed by atoms with E-state index in [-0.39, 0.29) is 10.6 Å². The summed E-state index contributed by atoms with van der Waals surface area (Å²) < 4.78 is 3.75. The molecule has 6 heavy (non-hydrogen) atoms. The van der Waals surface area contributed by atoms with Gasteiger partial charge in [0.25, 0.3) is 0 Å². The number of hydrogen-bond donors (Lipinski definition) is 2. The van der Waals surface area contributed by atoms with E-state index in [1.54, 1.807) is 0 Å².